The van der Waals surface area contributed by atoms with Crippen LogP contribution in [-0.4, -0.2) is 40.0 Å². The number of anilines is 1. The molecule has 5 nitrogen and oxygen atoms in total. The van der Waals surface area contributed by atoms with Crippen molar-refractivity contribution in [3.8, 4) is 0 Å². The molecule has 2 heterocycles. The molecule has 1 aliphatic heterocycles. The second-order valence-electron chi connectivity index (χ2n) is 5.28. The fraction of sp³-hybridized carbons (Fsp3) is 0.692. The normalized spacial score (nSPS) is 24.0. The number of thioether (sulfide) groups is 1. The SMILES string of the molecule is CN1CCSCC1c1nc2c(c(NN)n1)CCCC2. The third kappa shape index (κ3) is 2.57. The second-order valence-corrected chi connectivity index (χ2v) is 6.43. The number of aromatic nitrogens is 2. The summed E-state index contributed by atoms with van der Waals surface area (Å²) in [7, 11) is 2.16. The van der Waals surface area contributed by atoms with Crippen molar-refractivity contribution in [2.45, 2.75) is 31.7 Å². The van der Waals surface area contributed by atoms with Crippen LogP contribution in [0.1, 0.15) is 36.0 Å². The smallest absolute Gasteiger partial charge is 0.149 e. The first kappa shape index (κ1) is 13.1. The first-order valence-corrected chi connectivity index (χ1v) is 8.09. The molecule has 1 fully saturated rings. The van der Waals surface area contributed by atoms with E-state index in [1.807, 2.05) is 11.8 Å². The van der Waals surface area contributed by atoms with Crippen molar-refractivity contribution < 1.29 is 0 Å². The van der Waals surface area contributed by atoms with Gasteiger partial charge in [0, 0.05) is 29.3 Å². The minimum absolute atomic E-state index is 0.318. The van der Waals surface area contributed by atoms with E-state index in [1.165, 1.54) is 29.9 Å². The third-order valence-corrected chi connectivity index (χ3v) is 5.05. The molecule has 0 radical (unpaired) electrons. The molecule has 2 aliphatic rings. The zero-order valence-corrected chi connectivity index (χ0v) is 12.2. The summed E-state index contributed by atoms with van der Waals surface area (Å²) in [6, 6.07) is 0.318. The van der Waals surface area contributed by atoms with Gasteiger partial charge in [0.25, 0.3) is 0 Å². The molecule has 0 saturated carbocycles. The van der Waals surface area contributed by atoms with Crippen LogP contribution >= 0.6 is 11.8 Å². The minimum atomic E-state index is 0.318. The molecule has 0 bridgehead atoms. The molecule has 0 spiro atoms. The van der Waals surface area contributed by atoms with Gasteiger partial charge >= 0.3 is 0 Å². The number of aryl methyl sites for hydroxylation is 1. The van der Waals surface area contributed by atoms with E-state index in [0.29, 0.717) is 6.04 Å². The summed E-state index contributed by atoms with van der Waals surface area (Å²) in [5.74, 6) is 9.68. The highest BCUT2D eigenvalue weighted by Crippen LogP contribution is 2.30. The van der Waals surface area contributed by atoms with Crippen LogP contribution in [0.25, 0.3) is 0 Å². The first-order chi connectivity index (χ1) is 9.29. The van der Waals surface area contributed by atoms with Crippen LogP contribution in [0.15, 0.2) is 0 Å². The Balaban J connectivity index is 1.97. The highest BCUT2D eigenvalue weighted by Gasteiger charge is 2.26. The summed E-state index contributed by atoms with van der Waals surface area (Å²) in [5.41, 5.74) is 5.20. The van der Waals surface area contributed by atoms with Gasteiger partial charge in [-0.15, -0.1) is 0 Å². The Kier molecular flexibility index (Phi) is 3.91. The lowest BCUT2D eigenvalue weighted by atomic mass is 9.96. The van der Waals surface area contributed by atoms with Gasteiger partial charge in [0.2, 0.25) is 0 Å². The first-order valence-electron chi connectivity index (χ1n) is 6.94. The van der Waals surface area contributed by atoms with Crippen molar-refractivity contribution in [2.24, 2.45) is 5.84 Å². The summed E-state index contributed by atoms with van der Waals surface area (Å²) >= 11 is 1.98. The molecule has 1 aromatic rings. The van der Waals surface area contributed by atoms with E-state index in [-0.39, 0.29) is 0 Å². The average Bonchev–Trinajstić information content (AvgIpc) is 2.46. The molecule has 0 aromatic carbocycles. The highest BCUT2D eigenvalue weighted by atomic mass is 32.2. The van der Waals surface area contributed by atoms with Crippen LogP contribution in [0, 0.1) is 0 Å². The van der Waals surface area contributed by atoms with E-state index in [1.54, 1.807) is 0 Å². The number of nitrogens with one attached hydrogen (secondary N) is 1. The fourth-order valence-electron chi connectivity index (χ4n) is 2.84. The predicted octanol–water partition coefficient (Wildman–Crippen LogP) is 1.36. The van der Waals surface area contributed by atoms with Crippen LogP contribution in [0.5, 0.6) is 0 Å². The van der Waals surface area contributed by atoms with E-state index < -0.39 is 0 Å². The number of hydrogen-bond donors (Lipinski definition) is 2. The molecule has 104 valence electrons. The number of nitrogens with two attached hydrogens (primary N) is 1. The molecule has 1 atom stereocenters. The Morgan fingerprint density at radius 3 is 2.95 bits per heavy atom. The van der Waals surface area contributed by atoms with Gasteiger partial charge in [-0.1, -0.05) is 0 Å². The van der Waals surface area contributed by atoms with Crippen molar-refractivity contribution in [1.29, 1.82) is 0 Å². The van der Waals surface area contributed by atoms with Gasteiger partial charge in [-0.05, 0) is 32.7 Å². The van der Waals surface area contributed by atoms with Gasteiger partial charge in [-0.3, -0.25) is 4.90 Å². The second kappa shape index (κ2) is 5.64. The maximum atomic E-state index is 5.65. The largest absolute Gasteiger partial charge is 0.308 e. The van der Waals surface area contributed by atoms with Crippen LogP contribution in [-0.2, 0) is 12.8 Å². The monoisotopic (exact) mass is 279 g/mol. The lowest BCUT2D eigenvalue weighted by Crippen LogP contribution is -2.34. The van der Waals surface area contributed by atoms with Gasteiger partial charge in [0.1, 0.15) is 11.6 Å². The molecule has 6 heteroatoms. The van der Waals surface area contributed by atoms with Crippen LogP contribution in [0.4, 0.5) is 5.82 Å². The van der Waals surface area contributed by atoms with E-state index in [9.17, 15) is 0 Å². The number of nitrogen functional groups attached to an aromatic ring is 1. The number of hydrogen-bond acceptors (Lipinski definition) is 6. The minimum Gasteiger partial charge on any atom is -0.308 e. The van der Waals surface area contributed by atoms with Crippen molar-refractivity contribution >= 4 is 17.6 Å². The maximum absolute atomic E-state index is 5.65. The van der Waals surface area contributed by atoms with Gasteiger partial charge < -0.3 is 5.43 Å². The Morgan fingerprint density at radius 1 is 1.32 bits per heavy atom. The van der Waals surface area contributed by atoms with Crippen LogP contribution in [0.2, 0.25) is 0 Å². The topological polar surface area (TPSA) is 67.1 Å². The Hall–Kier alpha value is -0.850. The average molecular weight is 279 g/mol. The quantitative estimate of drug-likeness (QED) is 0.629. The summed E-state index contributed by atoms with van der Waals surface area (Å²) in [6.07, 6.45) is 4.54. The molecule has 1 unspecified atom stereocenters. The van der Waals surface area contributed by atoms with Gasteiger partial charge in [-0.2, -0.15) is 11.8 Å². The Labute approximate surface area is 118 Å². The van der Waals surface area contributed by atoms with Crippen molar-refractivity contribution in [3.05, 3.63) is 17.1 Å². The van der Waals surface area contributed by atoms with Gasteiger partial charge in [0.05, 0.1) is 6.04 Å². The Morgan fingerprint density at radius 2 is 2.16 bits per heavy atom. The molecule has 1 saturated heterocycles. The number of fused-ring (bicyclic) bond motifs is 1. The summed E-state index contributed by atoms with van der Waals surface area (Å²) in [4.78, 5) is 11.9. The Bertz CT molecular complexity index is 447. The molecule has 3 rings (SSSR count). The lowest BCUT2D eigenvalue weighted by molar-refractivity contribution is 0.264. The third-order valence-electron chi connectivity index (χ3n) is 4.03. The summed E-state index contributed by atoms with van der Waals surface area (Å²) < 4.78 is 0. The summed E-state index contributed by atoms with van der Waals surface area (Å²) in [5, 5.41) is 0. The number of nitrogens with zero attached hydrogens (tertiary/aromatic N) is 3. The zero-order valence-electron chi connectivity index (χ0n) is 11.4. The highest BCUT2D eigenvalue weighted by molar-refractivity contribution is 7.99. The van der Waals surface area contributed by atoms with Crippen molar-refractivity contribution in [3.63, 3.8) is 0 Å². The van der Waals surface area contributed by atoms with E-state index in [4.69, 9.17) is 10.8 Å². The molecule has 1 aliphatic carbocycles. The molecule has 3 N–H and O–H groups in total. The van der Waals surface area contributed by atoms with Crippen LogP contribution < -0.4 is 11.3 Å². The van der Waals surface area contributed by atoms with Gasteiger partial charge in [-0.25, -0.2) is 15.8 Å². The lowest BCUT2D eigenvalue weighted by Gasteiger charge is -2.31. The van der Waals surface area contributed by atoms with E-state index in [0.717, 1.165) is 36.8 Å². The molecule has 19 heavy (non-hydrogen) atoms. The van der Waals surface area contributed by atoms with Crippen molar-refractivity contribution in [2.75, 3.05) is 30.5 Å². The predicted molar refractivity (Wildman–Crippen MR) is 79.2 cm³/mol. The number of rotatable bonds is 2. The van der Waals surface area contributed by atoms with E-state index >= 15 is 0 Å². The van der Waals surface area contributed by atoms with Crippen molar-refractivity contribution in [1.82, 2.24) is 14.9 Å². The maximum Gasteiger partial charge on any atom is 0.149 e. The zero-order chi connectivity index (χ0) is 13.2. The molecular formula is C13H21N5S. The molecular weight excluding hydrogens is 258 g/mol. The number of hydrazine groups is 1. The standard InChI is InChI=1S/C13H21N5S/c1-18-6-7-19-8-11(18)13-15-10-5-3-2-4-9(10)12(16-13)17-14/h11H,2-8,14H2,1H3,(H,15,16,17). The van der Waals surface area contributed by atoms with E-state index in [2.05, 4.69) is 22.4 Å². The summed E-state index contributed by atoms with van der Waals surface area (Å²) in [6.45, 7) is 1.10. The molecule has 0 amide bonds. The van der Waals surface area contributed by atoms with Crippen LogP contribution in [0.3, 0.4) is 0 Å². The fourth-order valence-corrected chi connectivity index (χ4v) is 4.05. The van der Waals surface area contributed by atoms with Gasteiger partial charge in [0.15, 0.2) is 0 Å². The molecule has 1 aromatic heterocycles.